The molecule has 4 heteroatoms. The summed E-state index contributed by atoms with van der Waals surface area (Å²) in [4.78, 5) is 11.5. The molecule has 0 aliphatic heterocycles. The van der Waals surface area contributed by atoms with E-state index >= 15 is 0 Å². The van der Waals surface area contributed by atoms with Crippen molar-refractivity contribution in [1.29, 1.82) is 5.26 Å². The van der Waals surface area contributed by atoms with Gasteiger partial charge in [0.1, 0.15) is 17.5 Å². The van der Waals surface area contributed by atoms with Crippen LogP contribution in [0.4, 0.5) is 4.39 Å². The number of rotatable bonds is 5. The Morgan fingerprint density at radius 3 is 2.67 bits per heavy atom. The van der Waals surface area contributed by atoms with Crippen LogP contribution in [-0.4, -0.2) is 12.6 Å². The molecule has 94 valence electrons. The molecular weight excluding hydrogens is 233 g/mol. The Morgan fingerprint density at radius 2 is 2.11 bits per heavy atom. The fourth-order valence-electron chi connectivity index (χ4n) is 1.25. The Morgan fingerprint density at radius 1 is 1.44 bits per heavy atom. The Hall–Kier alpha value is -2.15. The van der Waals surface area contributed by atoms with Gasteiger partial charge in [-0.3, -0.25) is 0 Å². The Bertz CT molecular complexity index is 472. The Balaban J connectivity index is 2.74. The third-order valence-electron chi connectivity index (χ3n) is 2.25. The van der Waals surface area contributed by atoms with E-state index in [1.54, 1.807) is 6.07 Å². The molecule has 0 bridgehead atoms. The van der Waals surface area contributed by atoms with Gasteiger partial charge in [-0.15, -0.1) is 0 Å². The largest absolute Gasteiger partial charge is 0.462 e. The molecule has 0 heterocycles. The van der Waals surface area contributed by atoms with E-state index in [1.165, 1.54) is 30.3 Å². The maximum Gasteiger partial charge on any atom is 0.348 e. The van der Waals surface area contributed by atoms with Gasteiger partial charge < -0.3 is 4.74 Å². The number of nitrogens with zero attached hydrogens (tertiary/aromatic N) is 1. The predicted octanol–water partition coefficient (Wildman–Crippen LogP) is 3.08. The molecule has 3 nitrogen and oxygen atoms in total. The van der Waals surface area contributed by atoms with Gasteiger partial charge in [-0.05, 0) is 30.2 Å². The van der Waals surface area contributed by atoms with Gasteiger partial charge in [-0.1, -0.05) is 25.5 Å². The summed E-state index contributed by atoms with van der Waals surface area (Å²) in [6.07, 6.45) is 3.06. The molecule has 1 aromatic rings. The van der Waals surface area contributed by atoms with Gasteiger partial charge in [0, 0.05) is 0 Å². The molecule has 1 rings (SSSR count). The van der Waals surface area contributed by atoms with Crippen LogP contribution in [0.1, 0.15) is 25.3 Å². The van der Waals surface area contributed by atoms with E-state index in [9.17, 15) is 9.18 Å². The summed E-state index contributed by atoms with van der Waals surface area (Å²) in [6.45, 7) is 2.28. The maximum atomic E-state index is 12.7. The third kappa shape index (κ3) is 4.38. The van der Waals surface area contributed by atoms with Gasteiger partial charge in [0.05, 0.1) is 6.61 Å². The number of hydrogen-bond donors (Lipinski definition) is 0. The first-order chi connectivity index (χ1) is 8.67. The second kappa shape index (κ2) is 7.23. The zero-order valence-electron chi connectivity index (χ0n) is 10.1. The first-order valence-electron chi connectivity index (χ1n) is 5.72. The predicted molar refractivity (Wildman–Crippen MR) is 65.9 cm³/mol. The van der Waals surface area contributed by atoms with Gasteiger partial charge in [0.25, 0.3) is 0 Å². The van der Waals surface area contributed by atoms with Crippen molar-refractivity contribution in [3.8, 4) is 6.07 Å². The van der Waals surface area contributed by atoms with Crippen LogP contribution >= 0.6 is 0 Å². The molecule has 0 saturated carbocycles. The van der Waals surface area contributed by atoms with Gasteiger partial charge in [-0.2, -0.15) is 5.26 Å². The lowest BCUT2D eigenvalue weighted by atomic mass is 10.1. The Kier molecular flexibility index (Phi) is 5.59. The zero-order chi connectivity index (χ0) is 13.4. The van der Waals surface area contributed by atoms with E-state index in [4.69, 9.17) is 10.00 Å². The van der Waals surface area contributed by atoms with Gasteiger partial charge in [0.2, 0.25) is 0 Å². The van der Waals surface area contributed by atoms with E-state index in [2.05, 4.69) is 0 Å². The van der Waals surface area contributed by atoms with E-state index < -0.39 is 5.97 Å². The highest BCUT2D eigenvalue weighted by Crippen LogP contribution is 2.09. The van der Waals surface area contributed by atoms with Crippen LogP contribution in [0.5, 0.6) is 0 Å². The van der Waals surface area contributed by atoms with Crippen LogP contribution in [0.25, 0.3) is 6.08 Å². The molecule has 0 radical (unpaired) electrons. The number of hydrogen-bond acceptors (Lipinski definition) is 3. The number of benzene rings is 1. The second-order valence-electron chi connectivity index (χ2n) is 3.71. The highest BCUT2D eigenvalue weighted by molar-refractivity contribution is 5.97. The quantitative estimate of drug-likeness (QED) is 0.348. The molecule has 0 aliphatic carbocycles. The lowest BCUT2D eigenvalue weighted by Crippen LogP contribution is -2.07. The number of nitriles is 1. The average molecular weight is 247 g/mol. The highest BCUT2D eigenvalue weighted by Gasteiger charge is 2.10. The molecule has 0 spiro atoms. The normalized spacial score (nSPS) is 10.8. The molecule has 0 fully saturated rings. The van der Waals surface area contributed by atoms with Crippen molar-refractivity contribution in [2.45, 2.75) is 19.8 Å². The van der Waals surface area contributed by atoms with E-state index in [-0.39, 0.29) is 11.4 Å². The van der Waals surface area contributed by atoms with Crippen molar-refractivity contribution in [2.75, 3.05) is 6.61 Å². The van der Waals surface area contributed by atoms with Crippen molar-refractivity contribution in [1.82, 2.24) is 0 Å². The first kappa shape index (κ1) is 13.9. The molecule has 0 aliphatic rings. The number of ether oxygens (including phenoxy) is 1. The van der Waals surface area contributed by atoms with Crippen LogP contribution < -0.4 is 0 Å². The lowest BCUT2D eigenvalue weighted by Gasteiger charge is -2.02. The number of halogens is 1. The van der Waals surface area contributed by atoms with Crippen molar-refractivity contribution in [2.24, 2.45) is 0 Å². The second-order valence-corrected chi connectivity index (χ2v) is 3.71. The van der Waals surface area contributed by atoms with Gasteiger partial charge in [-0.25, -0.2) is 9.18 Å². The van der Waals surface area contributed by atoms with E-state index in [0.717, 1.165) is 12.8 Å². The monoisotopic (exact) mass is 247 g/mol. The van der Waals surface area contributed by atoms with Crippen molar-refractivity contribution >= 4 is 12.0 Å². The molecule has 0 unspecified atom stereocenters. The number of unbranched alkanes of at least 4 members (excludes halogenated alkanes) is 1. The minimum Gasteiger partial charge on any atom is -0.462 e. The standard InChI is InChI=1S/C14H14FNO2/c1-2-3-8-18-14(17)12(10-16)9-11-4-6-13(15)7-5-11/h4-7,9H,2-3,8H2,1H3/b12-9-. The highest BCUT2D eigenvalue weighted by atomic mass is 19.1. The van der Waals surface area contributed by atoms with Gasteiger partial charge >= 0.3 is 5.97 Å². The molecule has 1 aromatic carbocycles. The summed E-state index contributed by atoms with van der Waals surface area (Å²) in [5, 5.41) is 8.88. The van der Waals surface area contributed by atoms with Crippen molar-refractivity contribution in [3.63, 3.8) is 0 Å². The summed E-state index contributed by atoms with van der Waals surface area (Å²) in [5.74, 6) is -1.01. The topological polar surface area (TPSA) is 50.1 Å². The third-order valence-corrected chi connectivity index (χ3v) is 2.25. The maximum absolute atomic E-state index is 12.7. The fraction of sp³-hybridized carbons (Fsp3) is 0.286. The molecule has 0 aromatic heterocycles. The summed E-state index contributed by atoms with van der Waals surface area (Å²) in [6, 6.07) is 7.30. The molecule has 0 atom stereocenters. The van der Waals surface area contributed by atoms with Crippen LogP contribution in [0.15, 0.2) is 29.8 Å². The van der Waals surface area contributed by atoms with Crippen LogP contribution in [0, 0.1) is 17.1 Å². The molecule has 0 N–H and O–H groups in total. The smallest absolute Gasteiger partial charge is 0.348 e. The van der Waals surface area contributed by atoms with Crippen LogP contribution in [0.3, 0.4) is 0 Å². The SMILES string of the molecule is CCCCOC(=O)/C(C#N)=C\c1ccc(F)cc1. The minimum atomic E-state index is -0.643. The Labute approximate surface area is 105 Å². The number of carbonyl (C=O) groups excluding carboxylic acids is 1. The first-order valence-corrected chi connectivity index (χ1v) is 5.72. The van der Waals surface area contributed by atoms with Gasteiger partial charge in [0.15, 0.2) is 0 Å². The number of esters is 1. The molecule has 18 heavy (non-hydrogen) atoms. The zero-order valence-corrected chi connectivity index (χ0v) is 10.1. The van der Waals surface area contributed by atoms with E-state index in [0.29, 0.717) is 12.2 Å². The average Bonchev–Trinajstić information content (AvgIpc) is 2.38. The lowest BCUT2D eigenvalue weighted by molar-refractivity contribution is -0.138. The summed E-state index contributed by atoms with van der Waals surface area (Å²) in [7, 11) is 0. The molecule has 0 amide bonds. The fourth-order valence-corrected chi connectivity index (χ4v) is 1.25. The summed E-state index contributed by atoms with van der Waals surface area (Å²) >= 11 is 0. The molecule has 0 saturated heterocycles. The van der Waals surface area contributed by atoms with Crippen molar-refractivity contribution < 1.29 is 13.9 Å². The van der Waals surface area contributed by atoms with Crippen LogP contribution in [0.2, 0.25) is 0 Å². The summed E-state index contributed by atoms with van der Waals surface area (Å²) in [5.41, 5.74) is 0.498. The van der Waals surface area contributed by atoms with E-state index in [1.807, 2.05) is 6.92 Å². The summed E-state index contributed by atoms with van der Waals surface area (Å²) < 4.78 is 17.6. The molecular formula is C14H14FNO2. The van der Waals surface area contributed by atoms with Crippen molar-refractivity contribution in [3.05, 3.63) is 41.2 Å². The number of carbonyl (C=O) groups is 1. The minimum absolute atomic E-state index is 0.0855. The van der Waals surface area contributed by atoms with Crippen LogP contribution in [-0.2, 0) is 9.53 Å².